The number of hydrogen-bond acceptors (Lipinski definition) is 3. The van der Waals surface area contributed by atoms with Gasteiger partial charge in [0.05, 0.1) is 12.2 Å². The summed E-state index contributed by atoms with van der Waals surface area (Å²) in [6.45, 7) is 0.306. The number of amides is 2. The third-order valence-corrected chi connectivity index (χ3v) is 4.97. The largest absolute Gasteiger partial charge is 0.482 e. The van der Waals surface area contributed by atoms with Crippen molar-refractivity contribution in [1.29, 1.82) is 0 Å². The first-order valence-electron chi connectivity index (χ1n) is 9.54. The fourth-order valence-corrected chi connectivity index (χ4v) is 3.28. The number of rotatable bonds is 5. The van der Waals surface area contributed by atoms with Crippen LogP contribution in [0.25, 0.3) is 6.08 Å². The van der Waals surface area contributed by atoms with E-state index in [-0.39, 0.29) is 24.2 Å². The average molecular weight is 437 g/mol. The number of carbonyl (C=O) groups excluding carboxylic acids is 2. The molecule has 0 saturated heterocycles. The molecule has 7 heteroatoms. The Morgan fingerprint density at radius 3 is 2.58 bits per heavy atom. The number of nitrogens with one attached hydrogen (secondary N) is 1. The predicted molar refractivity (Wildman–Crippen MR) is 119 cm³/mol. The lowest BCUT2D eigenvalue weighted by molar-refractivity contribution is -0.121. The minimum Gasteiger partial charge on any atom is -0.482 e. The van der Waals surface area contributed by atoms with Gasteiger partial charge in [0.2, 0.25) is 5.91 Å². The molecule has 156 valence electrons. The van der Waals surface area contributed by atoms with Gasteiger partial charge in [-0.2, -0.15) is 0 Å². The highest BCUT2D eigenvalue weighted by Gasteiger charge is 2.26. The van der Waals surface area contributed by atoms with Crippen LogP contribution in [-0.4, -0.2) is 18.4 Å². The summed E-state index contributed by atoms with van der Waals surface area (Å²) >= 11 is 5.94. The lowest BCUT2D eigenvalue weighted by Gasteiger charge is -2.30. The van der Waals surface area contributed by atoms with Gasteiger partial charge in [-0.1, -0.05) is 35.9 Å². The second-order valence-electron chi connectivity index (χ2n) is 6.95. The number of carbonyl (C=O) groups is 2. The third kappa shape index (κ3) is 5.10. The molecule has 3 aromatic carbocycles. The summed E-state index contributed by atoms with van der Waals surface area (Å²) in [7, 11) is 0. The highest BCUT2D eigenvalue weighted by Crippen LogP contribution is 2.35. The van der Waals surface area contributed by atoms with Gasteiger partial charge in [-0.15, -0.1) is 0 Å². The maximum absolute atomic E-state index is 13.0. The summed E-state index contributed by atoms with van der Waals surface area (Å²) in [6, 6.07) is 18.2. The van der Waals surface area contributed by atoms with Crippen molar-refractivity contribution >= 4 is 40.9 Å². The summed E-state index contributed by atoms with van der Waals surface area (Å²) in [6.07, 6.45) is 2.95. The van der Waals surface area contributed by atoms with Crippen LogP contribution in [0.15, 0.2) is 72.8 Å². The maximum Gasteiger partial charge on any atom is 0.265 e. The number of nitrogens with zero attached hydrogens (tertiary/aromatic N) is 1. The molecular weight excluding hydrogens is 419 g/mol. The Balaban J connectivity index is 1.51. The molecule has 5 nitrogen and oxygen atoms in total. The van der Waals surface area contributed by atoms with E-state index in [1.54, 1.807) is 53.4 Å². The molecule has 0 spiro atoms. The summed E-state index contributed by atoms with van der Waals surface area (Å²) < 4.78 is 18.5. The smallest absolute Gasteiger partial charge is 0.265 e. The molecule has 3 aromatic rings. The predicted octanol–water partition coefficient (Wildman–Crippen LogP) is 5.06. The second-order valence-corrected chi connectivity index (χ2v) is 7.39. The van der Waals surface area contributed by atoms with Gasteiger partial charge in [0, 0.05) is 16.8 Å². The van der Waals surface area contributed by atoms with Crippen molar-refractivity contribution in [3.63, 3.8) is 0 Å². The molecule has 0 bridgehead atoms. The molecule has 0 fully saturated rings. The molecule has 2 amide bonds. The van der Waals surface area contributed by atoms with E-state index >= 15 is 0 Å². The standard InChI is InChI=1S/C24H18ClFN2O3/c25-18-6-1-17(2-7-18)14-28-21-13-20(10-11-22(21)31-15-24(28)30)27-23(29)12-5-16-3-8-19(26)9-4-16/h1-13H,14-15H2,(H,27,29)/b12-5+. The molecule has 4 rings (SSSR count). The lowest BCUT2D eigenvalue weighted by Crippen LogP contribution is -2.38. The summed E-state index contributed by atoms with van der Waals surface area (Å²) in [4.78, 5) is 26.4. The van der Waals surface area contributed by atoms with E-state index in [1.165, 1.54) is 18.2 Å². The van der Waals surface area contributed by atoms with E-state index in [1.807, 2.05) is 12.1 Å². The van der Waals surface area contributed by atoms with Gasteiger partial charge in [0.15, 0.2) is 6.61 Å². The molecule has 0 atom stereocenters. The molecule has 0 aliphatic carbocycles. The number of halogens is 2. The van der Waals surface area contributed by atoms with E-state index in [9.17, 15) is 14.0 Å². The monoisotopic (exact) mass is 436 g/mol. The van der Waals surface area contributed by atoms with E-state index < -0.39 is 0 Å². The molecule has 31 heavy (non-hydrogen) atoms. The number of fused-ring (bicyclic) bond motifs is 1. The van der Waals surface area contributed by atoms with Gasteiger partial charge in [0.25, 0.3) is 5.91 Å². The Morgan fingerprint density at radius 1 is 1.10 bits per heavy atom. The third-order valence-electron chi connectivity index (χ3n) is 4.72. The Morgan fingerprint density at radius 2 is 1.84 bits per heavy atom. The highest BCUT2D eigenvalue weighted by atomic mass is 35.5. The van der Waals surface area contributed by atoms with Gasteiger partial charge in [-0.05, 0) is 59.7 Å². The van der Waals surface area contributed by atoms with E-state index in [4.69, 9.17) is 16.3 Å². The van der Waals surface area contributed by atoms with Crippen LogP contribution < -0.4 is 15.0 Å². The number of ether oxygens (including phenoxy) is 1. The molecule has 1 heterocycles. The topological polar surface area (TPSA) is 58.6 Å². The first-order valence-corrected chi connectivity index (χ1v) is 9.92. The van der Waals surface area contributed by atoms with Gasteiger partial charge < -0.3 is 15.0 Å². The summed E-state index contributed by atoms with van der Waals surface area (Å²) in [5.41, 5.74) is 2.72. The molecule has 0 saturated carbocycles. The molecule has 0 unspecified atom stereocenters. The minimum atomic E-state index is -0.350. The molecule has 0 aromatic heterocycles. The Bertz CT molecular complexity index is 1140. The Hall–Kier alpha value is -3.64. The number of hydrogen-bond donors (Lipinski definition) is 1. The van der Waals surface area contributed by atoms with E-state index in [2.05, 4.69) is 5.32 Å². The first kappa shape index (κ1) is 20.6. The van der Waals surface area contributed by atoms with Gasteiger partial charge >= 0.3 is 0 Å². The van der Waals surface area contributed by atoms with Crippen molar-refractivity contribution in [2.75, 3.05) is 16.8 Å². The minimum absolute atomic E-state index is 0.0489. The van der Waals surface area contributed by atoms with Crippen molar-refractivity contribution < 1.29 is 18.7 Å². The van der Waals surface area contributed by atoms with Crippen molar-refractivity contribution in [3.05, 3.63) is 94.8 Å². The van der Waals surface area contributed by atoms with Crippen molar-refractivity contribution in [3.8, 4) is 5.75 Å². The molecule has 1 aliphatic rings. The summed E-state index contributed by atoms with van der Waals surface area (Å²) in [5, 5.41) is 3.39. The van der Waals surface area contributed by atoms with E-state index in [0.717, 1.165) is 5.56 Å². The zero-order valence-electron chi connectivity index (χ0n) is 16.3. The average Bonchev–Trinajstić information content (AvgIpc) is 2.77. The van der Waals surface area contributed by atoms with Crippen LogP contribution in [-0.2, 0) is 16.1 Å². The summed E-state index contributed by atoms with van der Waals surface area (Å²) in [5.74, 6) is -0.303. The first-order chi connectivity index (χ1) is 15.0. The van der Waals surface area contributed by atoms with Crippen LogP contribution in [0.5, 0.6) is 5.75 Å². The zero-order valence-corrected chi connectivity index (χ0v) is 17.1. The van der Waals surface area contributed by atoms with Crippen LogP contribution in [0.3, 0.4) is 0 Å². The SMILES string of the molecule is O=C(/C=C/c1ccc(F)cc1)Nc1ccc2c(c1)N(Cc1ccc(Cl)cc1)C(=O)CO2. The second kappa shape index (κ2) is 9.02. The number of benzene rings is 3. The molecular formula is C24H18ClFN2O3. The highest BCUT2D eigenvalue weighted by molar-refractivity contribution is 6.30. The molecule has 0 radical (unpaired) electrons. The van der Waals surface area contributed by atoms with Gasteiger partial charge in [-0.3, -0.25) is 9.59 Å². The zero-order chi connectivity index (χ0) is 21.8. The van der Waals surface area contributed by atoms with Crippen molar-refractivity contribution in [2.24, 2.45) is 0 Å². The number of anilines is 2. The van der Waals surface area contributed by atoms with Gasteiger partial charge in [0.1, 0.15) is 11.6 Å². The normalized spacial score (nSPS) is 13.1. The quantitative estimate of drug-likeness (QED) is 0.569. The van der Waals surface area contributed by atoms with Crippen LogP contribution in [0.2, 0.25) is 5.02 Å². The van der Waals surface area contributed by atoms with Crippen LogP contribution in [0, 0.1) is 5.82 Å². The molecule has 1 aliphatic heterocycles. The van der Waals surface area contributed by atoms with Crippen LogP contribution >= 0.6 is 11.6 Å². The van der Waals surface area contributed by atoms with Gasteiger partial charge in [-0.25, -0.2) is 4.39 Å². The fourth-order valence-electron chi connectivity index (χ4n) is 3.16. The molecule has 1 N–H and O–H groups in total. The fraction of sp³-hybridized carbons (Fsp3) is 0.0833. The van der Waals surface area contributed by atoms with Crippen LogP contribution in [0.1, 0.15) is 11.1 Å². The maximum atomic E-state index is 13.0. The van der Waals surface area contributed by atoms with E-state index in [0.29, 0.717) is 34.3 Å². The van der Waals surface area contributed by atoms with Crippen LogP contribution in [0.4, 0.5) is 15.8 Å². The van der Waals surface area contributed by atoms with Crippen molar-refractivity contribution in [1.82, 2.24) is 0 Å². The Labute approximate surface area is 183 Å². The lowest BCUT2D eigenvalue weighted by atomic mass is 10.1. The Kier molecular flexibility index (Phi) is 6.00. The van der Waals surface area contributed by atoms with Crippen molar-refractivity contribution in [2.45, 2.75) is 6.54 Å².